The summed E-state index contributed by atoms with van der Waals surface area (Å²) in [6, 6.07) is 10.1. The Morgan fingerprint density at radius 1 is 1.27 bits per heavy atom. The first-order chi connectivity index (χ1) is 10.5. The van der Waals surface area contributed by atoms with Gasteiger partial charge in [-0.15, -0.1) is 0 Å². The molecule has 0 fully saturated rings. The second-order valence-corrected chi connectivity index (χ2v) is 6.55. The van der Waals surface area contributed by atoms with Crippen LogP contribution >= 0.6 is 0 Å². The molecule has 1 aromatic carbocycles. The summed E-state index contributed by atoms with van der Waals surface area (Å²) >= 11 is 0. The van der Waals surface area contributed by atoms with Crippen LogP contribution in [0.1, 0.15) is 55.4 Å². The van der Waals surface area contributed by atoms with Crippen molar-refractivity contribution in [1.29, 1.82) is 0 Å². The molecule has 3 rings (SSSR count). The van der Waals surface area contributed by atoms with Crippen LogP contribution in [-0.2, 0) is 16.6 Å². The van der Waals surface area contributed by atoms with Gasteiger partial charge in [-0.2, -0.15) is 0 Å². The van der Waals surface area contributed by atoms with Gasteiger partial charge in [-0.3, -0.25) is 0 Å². The Morgan fingerprint density at radius 3 is 2.68 bits per heavy atom. The van der Waals surface area contributed by atoms with Crippen LogP contribution < -0.4 is 0 Å². The smallest absolute Gasteiger partial charge is 0.355 e. The van der Waals surface area contributed by atoms with Gasteiger partial charge in [-0.25, -0.2) is 4.79 Å². The van der Waals surface area contributed by atoms with Gasteiger partial charge in [-0.05, 0) is 37.3 Å². The molecule has 0 bridgehead atoms. The van der Waals surface area contributed by atoms with Crippen molar-refractivity contribution >= 4 is 5.97 Å². The third kappa shape index (κ3) is 2.45. The minimum absolute atomic E-state index is 0.0713. The maximum absolute atomic E-state index is 12.4. The van der Waals surface area contributed by atoms with Crippen LogP contribution in [-0.4, -0.2) is 17.6 Å². The molecule has 3 heteroatoms. The molecule has 22 heavy (non-hydrogen) atoms. The Morgan fingerprint density at radius 2 is 2.00 bits per heavy atom. The molecule has 0 amide bonds. The van der Waals surface area contributed by atoms with E-state index < -0.39 is 0 Å². The molecule has 2 aromatic rings. The number of ether oxygens (including phenoxy) is 1. The van der Waals surface area contributed by atoms with Crippen molar-refractivity contribution in [3.63, 3.8) is 0 Å². The van der Waals surface area contributed by atoms with Gasteiger partial charge in [0.15, 0.2) is 0 Å². The van der Waals surface area contributed by atoms with Gasteiger partial charge >= 0.3 is 5.97 Å². The van der Waals surface area contributed by atoms with Crippen molar-refractivity contribution in [2.45, 2.75) is 45.4 Å². The van der Waals surface area contributed by atoms with E-state index in [1.54, 1.807) is 0 Å². The summed E-state index contributed by atoms with van der Waals surface area (Å²) in [5, 5.41) is 0. The lowest BCUT2D eigenvalue weighted by molar-refractivity contribution is 0.0521. The van der Waals surface area contributed by atoms with Gasteiger partial charge in [0.25, 0.3) is 0 Å². The highest BCUT2D eigenvalue weighted by molar-refractivity contribution is 5.97. The van der Waals surface area contributed by atoms with Crippen LogP contribution in [0.25, 0.3) is 11.1 Å². The number of carbonyl (C=O) groups excluding carboxylic acids is 1. The van der Waals surface area contributed by atoms with Crippen molar-refractivity contribution < 1.29 is 9.53 Å². The molecular formula is C19H23NO2. The molecule has 1 aliphatic rings. The summed E-state index contributed by atoms with van der Waals surface area (Å²) in [7, 11) is 0. The van der Waals surface area contributed by atoms with E-state index >= 15 is 0 Å². The quantitative estimate of drug-likeness (QED) is 0.849. The minimum Gasteiger partial charge on any atom is -0.461 e. The molecule has 1 heterocycles. The summed E-state index contributed by atoms with van der Waals surface area (Å²) in [6.45, 7) is 6.71. The molecule has 0 unspecified atom stereocenters. The number of aromatic amines is 1. The third-order valence-corrected chi connectivity index (χ3v) is 4.55. The van der Waals surface area contributed by atoms with E-state index in [4.69, 9.17) is 4.74 Å². The van der Waals surface area contributed by atoms with E-state index in [1.807, 2.05) is 25.1 Å². The predicted molar refractivity (Wildman–Crippen MR) is 88.1 cm³/mol. The maximum atomic E-state index is 12.4. The van der Waals surface area contributed by atoms with Crippen LogP contribution in [0.5, 0.6) is 0 Å². The molecule has 0 spiro atoms. The van der Waals surface area contributed by atoms with E-state index in [9.17, 15) is 4.79 Å². The monoisotopic (exact) mass is 297 g/mol. The average Bonchev–Trinajstić information content (AvgIpc) is 2.89. The van der Waals surface area contributed by atoms with Crippen molar-refractivity contribution in [3.05, 3.63) is 47.3 Å². The molecule has 3 nitrogen and oxygen atoms in total. The Balaban J connectivity index is 2.21. The Labute approximate surface area is 131 Å². The topological polar surface area (TPSA) is 42.1 Å². The first kappa shape index (κ1) is 14.9. The predicted octanol–water partition coefficient (Wildman–Crippen LogP) is 4.47. The molecular weight excluding hydrogens is 274 g/mol. The molecule has 0 aliphatic heterocycles. The molecule has 1 aliphatic carbocycles. The minimum atomic E-state index is -0.258. The van der Waals surface area contributed by atoms with E-state index in [0.29, 0.717) is 12.3 Å². The van der Waals surface area contributed by atoms with E-state index in [2.05, 4.69) is 31.0 Å². The molecule has 0 saturated heterocycles. The van der Waals surface area contributed by atoms with Gasteiger partial charge in [0.2, 0.25) is 0 Å². The Bertz CT molecular complexity index is 683. The van der Waals surface area contributed by atoms with E-state index in [-0.39, 0.29) is 11.4 Å². The van der Waals surface area contributed by atoms with Gasteiger partial charge in [0.05, 0.1) is 6.61 Å². The molecule has 116 valence electrons. The fraction of sp³-hybridized carbons (Fsp3) is 0.421. The standard InChI is InChI=1S/C19H23NO2/c1-4-22-18(21)16-15(13-9-6-5-7-10-13)14-11-8-12-19(2,3)17(14)20-16/h5-7,9-10,20H,4,8,11-12H2,1-3H3. The van der Waals surface area contributed by atoms with Crippen LogP contribution in [0.15, 0.2) is 30.3 Å². The molecule has 0 atom stereocenters. The zero-order valence-corrected chi connectivity index (χ0v) is 13.5. The number of hydrogen-bond acceptors (Lipinski definition) is 2. The number of nitrogens with one attached hydrogen (secondary N) is 1. The Hall–Kier alpha value is -2.03. The fourth-order valence-corrected chi connectivity index (χ4v) is 3.48. The third-order valence-electron chi connectivity index (χ3n) is 4.55. The summed E-state index contributed by atoms with van der Waals surface area (Å²) in [4.78, 5) is 15.8. The normalized spacial score (nSPS) is 16.1. The fourth-order valence-electron chi connectivity index (χ4n) is 3.48. The number of H-pyrrole nitrogens is 1. The largest absolute Gasteiger partial charge is 0.461 e. The zero-order chi connectivity index (χ0) is 15.7. The summed E-state index contributed by atoms with van der Waals surface area (Å²) in [5.74, 6) is -0.258. The molecule has 0 saturated carbocycles. The lowest BCUT2D eigenvalue weighted by Gasteiger charge is -2.30. The van der Waals surface area contributed by atoms with Gasteiger partial charge in [0.1, 0.15) is 5.69 Å². The lowest BCUT2D eigenvalue weighted by Crippen LogP contribution is -2.23. The number of hydrogen-bond donors (Lipinski definition) is 1. The van der Waals surface area contributed by atoms with Gasteiger partial charge < -0.3 is 9.72 Å². The van der Waals surface area contributed by atoms with Crippen LogP contribution in [0.4, 0.5) is 0 Å². The van der Waals surface area contributed by atoms with Crippen LogP contribution in [0, 0.1) is 0 Å². The first-order valence-corrected chi connectivity index (χ1v) is 8.02. The number of rotatable bonds is 3. The number of aromatic nitrogens is 1. The molecule has 1 aromatic heterocycles. The second kappa shape index (κ2) is 5.64. The number of benzene rings is 1. The second-order valence-electron chi connectivity index (χ2n) is 6.55. The zero-order valence-electron chi connectivity index (χ0n) is 13.5. The molecule has 0 radical (unpaired) electrons. The van der Waals surface area contributed by atoms with Crippen molar-refractivity contribution in [1.82, 2.24) is 4.98 Å². The number of carbonyl (C=O) groups is 1. The highest BCUT2D eigenvalue weighted by Crippen LogP contribution is 2.42. The van der Waals surface area contributed by atoms with Gasteiger partial charge in [0, 0.05) is 16.7 Å². The maximum Gasteiger partial charge on any atom is 0.355 e. The van der Waals surface area contributed by atoms with Crippen LogP contribution in [0.2, 0.25) is 0 Å². The highest BCUT2D eigenvalue weighted by Gasteiger charge is 2.34. The summed E-state index contributed by atoms with van der Waals surface area (Å²) < 4.78 is 5.27. The van der Waals surface area contributed by atoms with Crippen molar-refractivity contribution in [3.8, 4) is 11.1 Å². The summed E-state index contributed by atoms with van der Waals surface area (Å²) in [6.07, 6.45) is 3.30. The highest BCUT2D eigenvalue weighted by atomic mass is 16.5. The average molecular weight is 297 g/mol. The Kier molecular flexibility index (Phi) is 3.81. The van der Waals surface area contributed by atoms with Gasteiger partial charge in [-0.1, -0.05) is 44.2 Å². The first-order valence-electron chi connectivity index (χ1n) is 8.02. The lowest BCUT2D eigenvalue weighted by atomic mass is 9.75. The SMILES string of the molecule is CCOC(=O)c1[nH]c2c(c1-c1ccccc1)CCCC2(C)C. The van der Waals surface area contributed by atoms with E-state index in [1.165, 1.54) is 11.3 Å². The number of fused-ring (bicyclic) bond motifs is 1. The van der Waals surface area contributed by atoms with Crippen LogP contribution in [0.3, 0.4) is 0 Å². The summed E-state index contributed by atoms with van der Waals surface area (Å²) in [5.41, 5.74) is 5.27. The molecule has 1 N–H and O–H groups in total. The number of esters is 1. The van der Waals surface area contributed by atoms with Crippen molar-refractivity contribution in [2.24, 2.45) is 0 Å². The van der Waals surface area contributed by atoms with E-state index in [0.717, 1.165) is 30.4 Å². The van der Waals surface area contributed by atoms with Crippen molar-refractivity contribution in [2.75, 3.05) is 6.61 Å².